The fourth-order valence-corrected chi connectivity index (χ4v) is 1.80. The molecular formula is C12H11ClN2O. The molecule has 82 valence electrons. The van der Waals surface area contributed by atoms with Crippen LogP contribution in [-0.4, -0.2) is 5.91 Å². The molecule has 1 aromatic carbocycles. The minimum Gasteiger partial charge on any atom is -0.325 e. The van der Waals surface area contributed by atoms with E-state index in [1.54, 1.807) is 18.2 Å². The average Bonchev–Trinajstić information content (AvgIpc) is 2.96. The van der Waals surface area contributed by atoms with E-state index in [-0.39, 0.29) is 11.8 Å². The summed E-state index contributed by atoms with van der Waals surface area (Å²) in [4.78, 5) is 11.7. The molecule has 16 heavy (non-hydrogen) atoms. The summed E-state index contributed by atoms with van der Waals surface area (Å²) in [5, 5.41) is 12.1. The maximum atomic E-state index is 11.7. The quantitative estimate of drug-likeness (QED) is 0.856. The third kappa shape index (κ3) is 2.17. The van der Waals surface area contributed by atoms with Crippen LogP contribution in [0.5, 0.6) is 0 Å². The van der Waals surface area contributed by atoms with E-state index in [0.29, 0.717) is 22.2 Å². The van der Waals surface area contributed by atoms with Crippen molar-refractivity contribution in [3.05, 3.63) is 28.8 Å². The summed E-state index contributed by atoms with van der Waals surface area (Å²) in [5.41, 5.74) is 0.935. The largest absolute Gasteiger partial charge is 0.325 e. The highest BCUT2D eigenvalue weighted by atomic mass is 35.5. The molecule has 0 heterocycles. The Morgan fingerprint density at radius 1 is 1.62 bits per heavy atom. The Morgan fingerprint density at radius 2 is 2.31 bits per heavy atom. The molecular weight excluding hydrogens is 224 g/mol. The van der Waals surface area contributed by atoms with Crippen molar-refractivity contribution in [2.24, 2.45) is 11.8 Å². The van der Waals surface area contributed by atoms with Crippen molar-refractivity contribution in [1.29, 1.82) is 5.26 Å². The number of halogens is 1. The molecule has 1 aromatic rings. The maximum absolute atomic E-state index is 11.7. The SMILES string of the molecule is C[C@H]1C[C@H]1C(=O)Nc1cc(Cl)ccc1C#N. The van der Waals surface area contributed by atoms with E-state index >= 15 is 0 Å². The first-order chi connectivity index (χ1) is 7.61. The van der Waals surface area contributed by atoms with Gasteiger partial charge in [-0.2, -0.15) is 5.26 Å². The van der Waals surface area contributed by atoms with Gasteiger partial charge in [0, 0.05) is 10.9 Å². The van der Waals surface area contributed by atoms with Gasteiger partial charge in [-0.05, 0) is 30.5 Å². The zero-order valence-corrected chi connectivity index (χ0v) is 9.58. The van der Waals surface area contributed by atoms with Gasteiger partial charge in [-0.3, -0.25) is 4.79 Å². The Morgan fingerprint density at radius 3 is 2.88 bits per heavy atom. The Labute approximate surface area is 99.0 Å². The Balaban J connectivity index is 2.17. The van der Waals surface area contributed by atoms with Crippen LogP contribution in [0.15, 0.2) is 18.2 Å². The molecule has 1 fully saturated rings. The van der Waals surface area contributed by atoms with Crippen LogP contribution in [0.25, 0.3) is 0 Å². The first-order valence-corrected chi connectivity index (χ1v) is 5.50. The molecule has 2 rings (SSSR count). The first-order valence-electron chi connectivity index (χ1n) is 5.12. The summed E-state index contributed by atoms with van der Waals surface area (Å²) in [6.07, 6.45) is 0.925. The number of hydrogen-bond acceptors (Lipinski definition) is 2. The number of carbonyl (C=O) groups excluding carboxylic acids is 1. The van der Waals surface area contributed by atoms with Gasteiger partial charge in [0.1, 0.15) is 6.07 Å². The smallest absolute Gasteiger partial charge is 0.227 e. The summed E-state index contributed by atoms with van der Waals surface area (Å²) in [6.45, 7) is 2.04. The molecule has 4 heteroatoms. The van der Waals surface area contributed by atoms with Crippen molar-refractivity contribution in [3.8, 4) is 6.07 Å². The lowest BCUT2D eigenvalue weighted by Crippen LogP contribution is -2.15. The zero-order chi connectivity index (χ0) is 11.7. The Bertz CT molecular complexity index is 478. The number of anilines is 1. The van der Waals surface area contributed by atoms with E-state index in [0.717, 1.165) is 6.42 Å². The van der Waals surface area contributed by atoms with Crippen LogP contribution in [0, 0.1) is 23.2 Å². The van der Waals surface area contributed by atoms with Gasteiger partial charge in [0.25, 0.3) is 0 Å². The van der Waals surface area contributed by atoms with E-state index in [9.17, 15) is 4.79 Å². The molecule has 0 aromatic heterocycles. The molecule has 1 amide bonds. The summed E-state index contributed by atoms with van der Waals surface area (Å²) in [6, 6.07) is 6.87. The molecule has 0 aliphatic heterocycles. The minimum absolute atomic E-state index is 0.0220. The van der Waals surface area contributed by atoms with Gasteiger partial charge in [0.15, 0.2) is 0 Å². The number of rotatable bonds is 2. The van der Waals surface area contributed by atoms with Crippen molar-refractivity contribution in [2.75, 3.05) is 5.32 Å². The van der Waals surface area contributed by atoms with E-state index in [2.05, 4.69) is 5.32 Å². The predicted molar refractivity (Wildman–Crippen MR) is 62.1 cm³/mol. The molecule has 1 aliphatic rings. The number of amides is 1. The summed E-state index contributed by atoms with van der Waals surface area (Å²) >= 11 is 5.82. The molecule has 0 spiro atoms. The lowest BCUT2D eigenvalue weighted by Gasteiger charge is -2.06. The van der Waals surface area contributed by atoms with Crippen molar-refractivity contribution in [2.45, 2.75) is 13.3 Å². The van der Waals surface area contributed by atoms with Gasteiger partial charge in [-0.1, -0.05) is 18.5 Å². The van der Waals surface area contributed by atoms with Gasteiger partial charge < -0.3 is 5.32 Å². The van der Waals surface area contributed by atoms with Crippen LogP contribution in [0.2, 0.25) is 5.02 Å². The van der Waals surface area contributed by atoms with Crippen LogP contribution in [0.1, 0.15) is 18.9 Å². The molecule has 0 radical (unpaired) electrons. The first kappa shape index (κ1) is 11.0. The molecule has 3 nitrogen and oxygen atoms in total. The zero-order valence-electron chi connectivity index (χ0n) is 8.83. The van der Waals surface area contributed by atoms with Crippen LogP contribution < -0.4 is 5.32 Å². The fraction of sp³-hybridized carbons (Fsp3) is 0.333. The van der Waals surface area contributed by atoms with E-state index in [1.807, 2.05) is 13.0 Å². The van der Waals surface area contributed by atoms with Crippen molar-refractivity contribution >= 4 is 23.2 Å². The highest BCUT2D eigenvalue weighted by Crippen LogP contribution is 2.38. The number of nitrogens with one attached hydrogen (secondary N) is 1. The monoisotopic (exact) mass is 234 g/mol. The number of nitrogens with zero attached hydrogens (tertiary/aromatic N) is 1. The maximum Gasteiger partial charge on any atom is 0.227 e. The number of hydrogen-bond donors (Lipinski definition) is 1. The van der Waals surface area contributed by atoms with Gasteiger partial charge >= 0.3 is 0 Å². The summed E-state index contributed by atoms with van der Waals surface area (Å²) < 4.78 is 0. The number of nitriles is 1. The van der Waals surface area contributed by atoms with Crippen LogP contribution in [0.3, 0.4) is 0 Å². The standard InChI is InChI=1S/C12H11ClN2O/c1-7-4-10(7)12(16)15-11-5-9(13)3-2-8(11)6-14/h2-3,5,7,10H,4H2,1H3,(H,15,16)/t7-,10+/m0/s1. The highest BCUT2D eigenvalue weighted by Gasteiger charge is 2.39. The second-order valence-electron chi connectivity index (χ2n) is 4.11. The third-order valence-corrected chi connectivity index (χ3v) is 3.04. The molecule has 0 unspecified atom stereocenters. The molecule has 1 saturated carbocycles. The Kier molecular flexibility index (Phi) is 2.84. The highest BCUT2D eigenvalue weighted by molar-refractivity contribution is 6.31. The topological polar surface area (TPSA) is 52.9 Å². The van der Waals surface area contributed by atoms with Crippen molar-refractivity contribution in [1.82, 2.24) is 0 Å². The van der Waals surface area contributed by atoms with Crippen LogP contribution >= 0.6 is 11.6 Å². The lowest BCUT2D eigenvalue weighted by molar-refractivity contribution is -0.117. The second kappa shape index (κ2) is 4.15. The van der Waals surface area contributed by atoms with Crippen molar-refractivity contribution in [3.63, 3.8) is 0 Å². The molecule has 1 N–H and O–H groups in total. The minimum atomic E-state index is -0.0220. The Hall–Kier alpha value is -1.53. The lowest BCUT2D eigenvalue weighted by atomic mass is 10.2. The number of carbonyl (C=O) groups is 1. The van der Waals surface area contributed by atoms with E-state index in [4.69, 9.17) is 16.9 Å². The molecule has 1 aliphatic carbocycles. The molecule has 2 atom stereocenters. The van der Waals surface area contributed by atoms with Gasteiger partial charge in [0.2, 0.25) is 5.91 Å². The second-order valence-corrected chi connectivity index (χ2v) is 4.55. The van der Waals surface area contributed by atoms with Crippen molar-refractivity contribution < 1.29 is 4.79 Å². The van der Waals surface area contributed by atoms with Gasteiger partial charge in [-0.25, -0.2) is 0 Å². The van der Waals surface area contributed by atoms with Gasteiger partial charge in [0.05, 0.1) is 11.3 Å². The van der Waals surface area contributed by atoms with E-state index < -0.39 is 0 Å². The van der Waals surface area contributed by atoms with E-state index in [1.165, 1.54) is 0 Å². The van der Waals surface area contributed by atoms with Gasteiger partial charge in [-0.15, -0.1) is 0 Å². The summed E-state index contributed by atoms with van der Waals surface area (Å²) in [5.74, 6) is 0.515. The normalized spacial score (nSPS) is 22.3. The molecule has 0 bridgehead atoms. The predicted octanol–water partition coefficient (Wildman–Crippen LogP) is 2.81. The average molecular weight is 235 g/mol. The molecule has 0 saturated heterocycles. The fourth-order valence-electron chi connectivity index (χ4n) is 1.63. The van der Waals surface area contributed by atoms with Crippen LogP contribution in [-0.2, 0) is 4.79 Å². The third-order valence-electron chi connectivity index (χ3n) is 2.81. The summed E-state index contributed by atoms with van der Waals surface area (Å²) in [7, 11) is 0. The number of benzene rings is 1. The van der Waals surface area contributed by atoms with Crippen LogP contribution in [0.4, 0.5) is 5.69 Å².